The fourth-order valence-electron chi connectivity index (χ4n) is 1.64. The third kappa shape index (κ3) is 1.51. The van der Waals surface area contributed by atoms with Crippen LogP contribution in [0.1, 0.15) is 5.56 Å². The van der Waals surface area contributed by atoms with Gasteiger partial charge in [0.15, 0.2) is 0 Å². The zero-order chi connectivity index (χ0) is 9.97. The van der Waals surface area contributed by atoms with Gasteiger partial charge in [0.25, 0.3) is 5.91 Å². The van der Waals surface area contributed by atoms with Gasteiger partial charge >= 0.3 is 0 Å². The summed E-state index contributed by atoms with van der Waals surface area (Å²) in [4.78, 5) is 13.2. The van der Waals surface area contributed by atoms with Crippen LogP contribution in [0.25, 0.3) is 0 Å². The molecule has 14 heavy (non-hydrogen) atoms. The molecule has 0 unspecified atom stereocenters. The highest BCUT2D eigenvalue weighted by Crippen LogP contribution is 2.29. The Morgan fingerprint density at radius 2 is 2.29 bits per heavy atom. The first-order chi connectivity index (χ1) is 6.83. The molecule has 0 spiro atoms. The first kappa shape index (κ1) is 9.21. The van der Waals surface area contributed by atoms with Crippen LogP contribution in [-0.4, -0.2) is 19.6 Å². The maximum atomic E-state index is 11.6. The number of benzene rings is 1. The summed E-state index contributed by atoms with van der Waals surface area (Å²) in [6, 6.07) is 7.90. The molecule has 0 aliphatic carbocycles. The summed E-state index contributed by atoms with van der Waals surface area (Å²) < 4.78 is 4.82. The number of methoxy groups -OCH3 is 1. The summed E-state index contributed by atoms with van der Waals surface area (Å²) in [6.45, 7) is 2.02. The summed E-state index contributed by atoms with van der Waals surface area (Å²) in [5, 5.41) is 0. The molecule has 1 aromatic carbocycles. The predicted octanol–water partition coefficient (Wildman–Crippen LogP) is 1.38. The largest absolute Gasteiger partial charge is 0.375 e. The Balaban J connectivity index is 2.21. The minimum Gasteiger partial charge on any atom is -0.375 e. The molecule has 1 heterocycles. The van der Waals surface area contributed by atoms with Crippen LogP contribution >= 0.6 is 0 Å². The Kier molecular flexibility index (Phi) is 2.50. The second kappa shape index (κ2) is 3.80. The second-order valence-corrected chi connectivity index (χ2v) is 3.21. The molecule has 3 heteroatoms. The normalized spacial score (nSPS) is 14.2. The van der Waals surface area contributed by atoms with Crippen molar-refractivity contribution in [2.75, 3.05) is 18.6 Å². The summed E-state index contributed by atoms with van der Waals surface area (Å²) >= 11 is 0. The average molecular weight is 190 g/mol. The Bertz CT molecular complexity index is 349. The number of hydrogen-bond donors (Lipinski definition) is 0. The van der Waals surface area contributed by atoms with E-state index in [1.54, 1.807) is 4.90 Å². The van der Waals surface area contributed by atoms with E-state index in [4.69, 9.17) is 4.74 Å². The van der Waals surface area contributed by atoms with Crippen molar-refractivity contribution >= 4 is 11.6 Å². The Hall–Kier alpha value is -1.35. The van der Waals surface area contributed by atoms with E-state index in [0.717, 1.165) is 12.1 Å². The summed E-state index contributed by atoms with van der Waals surface area (Å²) in [6.07, 6.45) is 0.825. The van der Waals surface area contributed by atoms with E-state index in [1.165, 1.54) is 12.7 Å². The van der Waals surface area contributed by atoms with Gasteiger partial charge in [-0.05, 0) is 18.1 Å². The van der Waals surface area contributed by atoms with Crippen molar-refractivity contribution in [3.63, 3.8) is 0 Å². The molecule has 0 N–H and O–H groups in total. The minimum atomic E-state index is -0.0162. The number of carbonyl (C=O) groups is 1. The van der Waals surface area contributed by atoms with E-state index in [0.29, 0.717) is 0 Å². The van der Waals surface area contributed by atoms with Gasteiger partial charge in [-0.2, -0.15) is 0 Å². The first-order valence-corrected chi connectivity index (χ1v) is 4.55. The lowest BCUT2D eigenvalue weighted by Crippen LogP contribution is -2.29. The van der Waals surface area contributed by atoms with Crippen LogP contribution in [-0.2, 0) is 16.0 Å². The van der Waals surface area contributed by atoms with Gasteiger partial charge in [0.05, 0.1) is 6.54 Å². The second-order valence-electron chi connectivity index (χ2n) is 3.21. The fraction of sp³-hybridized carbons (Fsp3) is 0.273. The van der Waals surface area contributed by atoms with Crippen molar-refractivity contribution in [3.8, 4) is 0 Å². The number of nitrogens with zero attached hydrogens (tertiary/aromatic N) is 1. The number of fused-ring (bicyclic) bond motifs is 1. The molecule has 3 nitrogen and oxygen atoms in total. The molecule has 1 aromatic rings. The number of ether oxygens (including phenoxy) is 1. The molecule has 0 saturated heterocycles. The molecule has 1 aliphatic heterocycles. The van der Waals surface area contributed by atoms with Crippen molar-refractivity contribution in [2.45, 2.75) is 6.42 Å². The van der Waals surface area contributed by atoms with E-state index >= 15 is 0 Å². The van der Waals surface area contributed by atoms with Crippen molar-refractivity contribution in [1.29, 1.82) is 0 Å². The van der Waals surface area contributed by atoms with E-state index in [9.17, 15) is 4.79 Å². The minimum absolute atomic E-state index is 0.0162. The Labute approximate surface area is 83.3 Å². The number of amides is 1. The van der Waals surface area contributed by atoms with E-state index in [1.807, 2.05) is 30.8 Å². The molecule has 0 fully saturated rings. The third-order valence-electron chi connectivity index (χ3n) is 2.28. The highest BCUT2D eigenvalue weighted by Gasteiger charge is 2.23. The van der Waals surface area contributed by atoms with Gasteiger partial charge < -0.3 is 9.64 Å². The molecular formula is C11H12NO2. The molecule has 73 valence electrons. The number of para-hydroxylation sites is 1. The molecule has 1 aliphatic rings. The molecule has 0 saturated carbocycles. The number of carbonyl (C=O) groups excluding carboxylic acids is 1. The van der Waals surface area contributed by atoms with Gasteiger partial charge in [-0.25, -0.2) is 0 Å². The highest BCUT2D eigenvalue weighted by molar-refractivity contribution is 5.97. The van der Waals surface area contributed by atoms with E-state index < -0.39 is 0 Å². The molecule has 2 rings (SSSR count). The van der Waals surface area contributed by atoms with Crippen LogP contribution in [0.3, 0.4) is 0 Å². The van der Waals surface area contributed by atoms with Gasteiger partial charge in [-0.1, -0.05) is 18.2 Å². The van der Waals surface area contributed by atoms with Crippen LogP contribution < -0.4 is 4.90 Å². The molecule has 0 bridgehead atoms. The van der Waals surface area contributed by atoms with Crippen molar-refractivity contribution in [2.24, 2.45) is 0 Å². The zero-order valence-electron chi connectivity index (χ0n) is 8.06. The molecule has 1 radical (unpaired) electrons. The standard InChI is InChI=1S/C11H12NO2/c1-14-8-11(13)12-7-6-9-4-2-3-5-10(9)12/h2-5,7H,6,8H2,1H3. The summed E-state index contributed by atoms with van der Waals surface area (Å²) in [5.41, 5.74) is 2.17. The monoisotopic (exact) mass is 190 g/mol. The topological polar surface area (TPSA) is 29.5 Å². The lowest BCUT2D eigenvalue weighted by atomic mass is 10.2. The van der Waals surface area contributed by atoms with Crippen LogP contribution in [0.2, 0.25) is 0 Å². The maximum absolute atomic E-state index is 11.6. The van der Waals surface area contributed by atoms with Gasteiger partial charge in [-0.3, -0.25) is 4.79 Å². The highest BCUT2D eigenvalue weighted by atomic mass is 16.5. The van der Waals surface area contributed by atoms with Crippen LogP contribution in [0.15, 0.2) is 24.3 Å². The molecule has 1 amide bonds. The number of hydrogen-bond acceptors (Lipinski definition) is 2. The van der Waals surface area contributed by atoms with Crippen LogP contribution in [0, 0.1) is 6.54 Å². The van der Waals surface area contributed by atoms with Gasteiger partial charge in [0.1, 0.15) is 6.61 Å². The van der Waals surface area contributed by atoms with Crippen LogP contribution in [0.5, 0.6) is 0 Å². The predicted molar refractivity (Wildman–Crippen MR) is 53.8 cm³/mol. The van der Waals surface area contributed by atoms with Crippen molar-refractivity contribution in [3.05, 3.63) is 36.4 Å². The molecular weight excluding hydrogens is 178 g/mol. The van der Waals surface area contributed by atoms with E-state index in [2.05, 4.69) is 0 Å². The Morgan fingerprint density at radius 3 is 3.07 bits per heavy atom. The molecule has 0 aromatic heterocycles. The smallest absolute Gasteiger partial charge is 0.253 e. The number of anilines is 1. The zero-order valence-corrected chi connectivity index (χ0v) is 8.06. The Morgan fingerprint density at radius 1 is 1.50 bits per heavy atom. The van der Waals surface area contributed by atoms with Crippen LogP contribution in [0.4, 0.5) is 5.69 Å². The average Bonchev–Trinajstić information content (AvgIpc) is 2.61. The van der Waals surface area contributed by atoms with Crippen molar-refractivity contribution < 1.29 is 9.53 Å². The van der Waals surface area contributed by atoms with Crippen molar-refractivity contribution in [1.82, 2.24) is 0 Å². The van der Waals surface area contributed by atoms with Gasteiger partial charge in [0.2, 0.25) is 0 Å². The SMILES string of the molecule is COCC(=O)N1[CH]Cc2ccccc21. The maximum Gasteiger partial charge on any atom is 0.253 e. The van der Waals surface area contributed by atoms with Gasteiger partial charge in [0, 0.05) is 12.8 Å². The van der Waals surface area contributed by atoms with Gasteiger partial charge in [-0.15, -0.1) is 0 Å². The summed E-state index contributed by atoms with van der Waals surface area (Å²) in [7, 11) is 1.53. The molecule has 0 atom stereocenters. The third-order valence-corrected chi connectivity index (χ3v) is 2.28. The first-order valence-electron chi connectivity index (χ1n) is 4.55. The summed E-state index contributed by atoms with van der Waals surface area (Å²) in [5.74, 6) is -0.0162. The lowest BCUT2D eigenvalue weighted by molar-refractivity contribution is -0.121. The quantitative estimate of drug-likeness (QED) is 0.705. The lowest BCUT2D eigenvalue weighted by Gasteiger charge is -2.15. The van der Waals surface area contributed by atoms with E-state index in [-0.39, 0.29) is 12.5 Å². The number of rotatable bonds is 2. The fourth-order valence-corrected chi connectivity index (χ4v) is 1.64.